The Hall–Kier alpha value is -5.31. The lowest BCUT2D eigenvalue weighted by Gasteiger charge is -2.13. The largest absolute Gasteiger partial charge is 0.507 e. The molecule has 3 N–H and O–H groups in total. The second-order valence-electron chi connectivity index (χ2n) is 8.98. The third kappa shape index (κ3) is 7.45. The van der Waals surface area contributed by atoms with E-state index in [4.69, 9.17) is 14.2 Å². The van der Waals surface area contributed by atoms with Crippen molar-refractivity contribution in [3.8, 4) is 68.7 Å². The van der Waals surface area contributed by atoms with Crippen LogP contribution in [0.4, 0.5) is 0 Å². The maximum absolute atomic E-state index is 10.9. The molecular weight excluding hydrogens is 534 g/mol. The molecular formula is C33H33N3O6. The molecule has 3 aromatic carbocycles. The predicted molar refractivity (Wildman–Crippen MR) is 162 cm³/mol. The van der Waals surface area contributed by atoms with Gasteiger partial charge in [0.2, 0.25) is 0 Å². The Morgan fingerprint density at radius 2 is 0.786 bits per heavy atom. The minimum Gasteiger partial charge on any atom is -0.507 e. The summed E-state index contributed by atoms with van der Waals surface area (Å²) in [5.41, 5.74) is 0.944. The van der Waals surface area contributed by atoms with E-state index in [1.807, 2.05) is 57.2 Å². The molecule has 4 aromatic rings. The first-order valence-electron chi connectivity index (χ1n) is 13.4. The Labute approximate surface area is 244 Å². The second kappa shape index (κ2) is 14.4. The first kappa shape index (κ1) is 29.7. The molecule has 0 atom stereocenters. The van der Waals surface area contributed by atoms with Gasteiger partial charge in [-0.2, -0.15) is 0 Å². The molecule has 0 unspecified atom stereocenters. The highest BCUT2D eigenvalue weighted by Gasteiger charge is 2.19. The first-order chi connectivity index (χ1) is 20.4. The molecule has 0 aliphatic rings. The van der Waals surface area contributed by atoms with Gasteiger partial charge >= 0.3 is 0 Å². The van der Waals surface area contributed by atoms with Gasteiger partial charge in [-0.05, 0) is 57.2 Å². The molecule has 0 radical (unpaired) electrons. The van der Waals surface area contributed by atoms with Crippen molar-refractivity contribution in [1.29, 1.82) is 0 Å². The minimum absolute atomic E-state index is 0.107. The first-order valence-corrected chi connectivity index (χ1v) is 13.4. The summed E-state index contributed by atoms with van der Waals surface area (Å²) in [7, 11) is 0. The number of benzene rings is 3. The number of aromatic nitrogens is 3. The molecule has 42 heavy (non-hydrogen) atoms. The molecule has 0 bridgehead atoms. The molecule has 9 nitrogen and oxygen atoms in total. The van der Waals surface area contributed by atoms with Crippen molar-refractivity contribution >= 4 is 0 Å². The molecule has 4 rings (SSSR count). The number of allylic oxidation sites excluding steroid dienone is 3. The van der Waals surface area contributed by atoms with Crippen LogP contribution in [0.5, 0.6) is 34.5 Å². The minimum atomic E-state index is -0.107. The Morgan fingerprint density at radius 3 is 1.02 bits per heavy atom. The summed E-state index contributed by atoms with van der Waals surface area (Å²) in [6.45, 7) is 6.75. The zero-order valence-corrected chi connectivity index (χ0v) is 23.7. The van der Waals surface area contributed by atoms with Gasteiger partial charge in [0.25, 0.3) is 0 Å². The number of nitrogens with zero attached hydrogens (tertiary/aromatic N) is 3. The van der Waals surface area contributed by atoms with Crippen molar-refractivity contribution < 1.29 is 29.5 Å². The van der Waals surface area contributed by atoms with Gasteiger partial charge in [-0.1, -0.05) is 36.5 Å². The van der Waals surface area contributed by atoms with E-state index < -0.39 is 0 Å². The molecule has 9 heteroatoms. The van der Waals surface area contributed by atoms with Crippen LogP contribution in [0, 0.1) is 0 Å². The van der Waals surface area contributed by atoms with Gasteiger partial charge in [-0.25, -0.2) is 15.0 Å². The van der Waals surface area contributed by atoms with E-state index in [0.29, 0.717) is 53.8 Å². The van der Waals surface area contributed by atoms with Crippen LogP contribution >= 0.6 is 0 Å². The topological polar surface area (TPSA) is 127 Å². The van der Waals surface area contributed by atoms with Gasteiger partial charge in [0.1, 0.15) is 54.3 Å². The Balaban J connectivity index is 1.79. The highest BCUT2D eigenvalue weighted by atomic mass is 16.5. The monoisotopic (exact) mass is 567 g/mol. The molecule has 0 spiro atoms. The van der Waals surface area contributed by atoms with Gasteiger partial charge in [0, 0.05) is 18.2 Å². The fraction of sp³-hybridized carbons (Fsp3) is 0.182. The summed E-state index contributed by atoms with van der Waals surface area (Å²) in [6, 6.07) is 14.4. The van der Waals surface area contributed by atoms with Crippen molar-refractivity contribution in [2.45, 2.75) is 20.8 Å². The summed E-state index contributed by atoms with van der Waals surface area (Å²) in [6.07, 6.45) is 11.2. The number of hydrogen-bond donors (Lipinski definition) is 3. The summed E-state index contributed by atoms with van der Waals surface area (Å²) in [5, 5.41) is 32.6. The van der Waals surface area contributed by atoms with Gasteiger partial charge in [-0.15, -0.1) is 0 Å². The summed E-state index contributed by atoms with van der Waals surface area (Å²) >= 11 is 0. The smallest absolute Gasteiger partial charge is 0.167 e. The van der Waals surface area contributed by atoms with Crippen LogP contribution in [0.15, 0.2) is 91.1 Å². The Morgan fingerprint density at radius 1 is 0.500 bits per heavy atom. The zero-order valence-electron chi connectivity index (χ0n) is 23.7. The standard InChI is InChI=1S/C33H33N3O6/c1-4-7-16-40-22-10-13-25(28(37)19-22)31-34-32(26-14-11-23(20-29(26)38)41-17-8-5-2)36-33(35-31)27-15-12-24(21-30(27)39)42-18-9-6-3/h4-15,19-21,37-39H,16-18H2,1-3H3. The lowest BCUT2D eigenvalue weighted by atomic mass is 10.1. The van der Waals surface area contributed by atoms with Crippen molar-refractivity contribution in [3.63, 3.8) is 0 Å². The van der Waals surface area contributed by atoms with Gasteiger partial charge in [0.15, 0.2) is 17.5 Å². The van der Waals surface area contributed by atoms with Crippen LogP contribution in [0.2, 0.25) is 0 Å². The van der Waals surface area contributed by atoms with Crippen LogP contribution in [-0.2, 0) is 0 Å². The van der Waals surface area contributed by atoms with Gasteiger partial charge in [-0.3, -0.25) is 0 Å². The molecule has 216 valence electrons. The van der Waals surface area contributed by atoms with Crippen LogP contribution in [0.1, 0.15) is 20.8 Å². The highest BCUT2D eigenvalue weighted by molar-refractivity contribution is 5.74. The molecule has 0 aliphatic carbocycles. The lowest BCUT2D eigenvalue weighted by molar-refractivity contribution is 0.359. The number of aromatic hydroxyl groups is 3. The van der Waals surface area contributed by atoms with Crippen molar-refractivity contribution in [2.24, 2.45) is 0 Å². The van der Waals surface area contributed by atoms with E-state index in [1.54, 1.807) is 36.4 Å². The maximum atomic E-state index is 10.9. The van der Waals surface area contributed by atoms with E-state index >= 15 is 0 Å². The summed E-state index contributed by atoms with van der Waals surface area (Å²) in [5.74, 6) is 1.50. The van der Waals surface area contributed by atoms with Crippen molar-refractivity contribution in [2.75, 3.05) is 19.8 Å². The highest BCUT2D eigenvalue weighted by Crippen LogP contribution is 2.37. The lowest BCUT2D eigenvalue weighted by Crippen LogP contribution is -2.02. The maximum Gasteiger partial charge on any atom is 0.167 e. The Kier molecular flexibility index (Phi) is 10.1. The predicted octanol–water partition coefficient (Wildman–Crippen LogP) is 6.85. The molecule has 0 saturated heterocycles. The van der Waals surface area contributed by atoms with E-state index in [0.717, 1.165) is 0 Å². The van der Waals surface area contributed by atoms with Crippen molar-refractivity contribution in [1.82, 2.24) is 15.0 Å². The number of rotatable bonds is 12. The van der Waals surface area contributed by atoms with E-state index in [2.05, 4.69) is 15.0 Å². The molecule has 0 fully saturated rings. The molecule has 0 saturated carbocycles. The van der Waals surface area contributed by atoms with E-state index in [-0.39, 0.29) is 34.7 Å². The van der Waals surface area contributed by atoms with Crippen LogP contribution < -0.4 is 14.2 Å². The molecule has 0 amide bonds. The normalized spacial score (nSPS) is 11.5. The Bertz CT molecular complexity index is 1410. The number of phenols is 3. The fourth-order valence-electron chi connectivity index (χ4n) is 3.83. The van der Waals surface area contributed by atoms with Gasteiger partial charge < -0.3 is 29.5 Å². The SMILES string of the molecule is CC=CCOc1ccc(-c2nc(-c3ccc(OCC=CC)cc3O)nc(-c3ccc(OCC=CC)cc3O)n2)c(O)c1. The number of phenolic OH excluding ortho intramolecular Hbond substituents is 3. The fourth-order valence-corrected chi connectivity index (χ4v) is 3.83. The van der Waals surface area contributed by atoms with E-state index in [9.17, 15) is 15.3 Å². The third-order valence-electron chi connectivity index (χ3n) is 6.01. The molecule has 1 aromatic heterocycles. The number of ether oxygens (including phenoxy) is 3. The van der Waals surface area contributed by atoms with Gasteiger partial charge in [0.05, 0.1) is 16.7 Å². The zero-order chi connectivity index (χ0) is 29.9. The third-order valence-corrected chi connectivity index (χ3v) is 6.01. The quantitative estimate of drug-likeness (QED) is 0.157. The van der Waals surface area contributed by atoms with Crippen LogP contribution in [-0.4, -0.2) is 50.1 Å². The van der Waals surface area contributed by atoms with Crippen LogP contribution in [0.25, 0.3) is 34.2 Å². The van der Waals surface area contributed by atoms with Crippen molar-refractivity contribution in [3.05, 3.63) is 91.1 Å². The average molecular weight is 568 g/mol. The number of hydrogen-bond acceptors (Lipinski definition) is 9. The molecule has 1 heterocycles. The summed E-state index contributed by atoms with van der Waals surface area (Å²) in [4.78, 5) is 13.7. The summed E-state index contributed by atoms with van der Waals surface area (Å²) < 4.78 is 16.9. The average Bonchev–Trinajstić information content (AvgIpc) is 2.97. The van der Waals surface area contributed by atoms with Crippen LogP contribution in [0.3, 0.4) is 0 Å². The second-order valence-corrected chi connectivity index (χ2v) is 8.98. The molecule has 0 aliphatic heterocycles. The van der Waals surface area contributed by atoms with E-state index in [1.165, 1.54) is 18.2 Å².